The van der Waals surface area contributed by atoms with E-state index in [4.69, 9.17) is 0 Å². The molecule has 124 valence electrons. The first-order valence-corrected chi connectivity index (χ1v) is 8.27. The highest BCUT2D eigenvalue weighted by atomic mass is 32.1. The van der Waals surface area contributed by atoms with Crippen molar-refractivity contribution < 1.29 is 9.18 Å². The van der Waals surface area contributed by atoms with Gasteiger partial charge < -0.3 is 5.32 Å². The van der Waals surface area contributed by atoms with Crippen LogP contribution in [0.15, 0.2) is 48.8 Å². The first kappa shape index (κ1) is 15.4. The Hall–Kier alpha value is -3.13. The molecule has 0 aliphatic rings. The van der Waals surface area contributed by atoms with Gasteiger partial charge in [-0.2, -0.15) is 9.78 Å². The van der Waals surface area contributed by atoms with Gasteiger partial charge in [0.1, 0.15) is 17.2 Å². The number of amides is 1. The lowest BCUT2D eigenvalue weighted by Gasteiger charge is -2.06. The molecule has 0 radical (unpaired) electrons. The molecule has 3 aromatic heterocycles. The third kappa shape index (κ3) is 2.87. The average Bonchev–Trinajstić information content (AvgIpc) is 3.20. The van der Waals surface area contributed by atoms with Crippen LogP contribution in [0.25, 0.3) is 15.3 Å². The van der Waals surface area contributed by atoms with Gasteiger partial charge in [-0.15, -0.1) is 0 Å². The monoisotopic (exact) mass is 353 g/mol. The third-order valence-corrected chi connectivity index (χ3v) is 4.55. The Morgan fingerprint density at radius 2 is 2.04 bits per heavy atom. The van der Waals surface area contributed by atoms with Crippen molar-refractivity contribution in [3.63, 3.8) is 0 Å². The van der Waals surface area contributed by atoms with E-state index in [1.54, 1.807) is 42.7 Å². The van der Waals surface area contributed by atoms with Crippen molar-refractivity contribution in [2.24, 2.45) is 0 Å². The number of benzene rings is 1. The van der Waals surface area contributed by atoms with E-state index in [1.807, 2.05) is 6.92 Å². The number of carbonyl (C=O) groups excluding carboxylic acids is 1. The van der Waals surface area contributed by atoms with Gasteiger partial charge >= 0.3 is 0 Å². The molecule has 0 atom stereocenters. The van der Waals surface area contributed by atoms with Crippen LogP contribution < -0.4 is 5.32 Å². The number of para-hydroxylation sites is 1. The Morgan fingerprint density at radius 3 is 2.80 bits per heavy atom. The molecule has 0 aliphatic heterocycles. The van der Waals surface area contributed by atoms with Gasteiger partial charge in [0.2, 0.25) is 5.13 Å². The lowest BCUT2D eigenvalue weighted by atomic mass is 10.2. The molecule has 0 unspecified atom stereocenters. The first-order chi connectivity index (χ1) is 12.1. The largest absolute Gasteiger partial charge is 0.306 e. The molecule has 0 saturated heterocycles. The molecule has 1 N–H and O–H groups in total. The molecule has 0 fully saturated rings. The van der Waals surface area contributed by atoms with Crippen LogP contribution in [0.4, 0.5) is 10.2 Å². The number of halogens is 1. The smallest absolute Gasteiger partial charge is 0.256 e. The predicted octanol–water partition coefficient (Wildman–Crippen LogP) is 3.58. The van der Waals surface area contributed by atoms with Gasteiger partial charge in [-0.05, 0) is 31.2 Å². The summed E-state index contributed by atoms with van der Waals surface area (Å²) in [6.07, 6.45) is 3.10. The molecule has 25 heavy (non-hydrogen) atoms. The van der Waals surface area contributed by atoms with E-state index < -0.39 is 0 Å². The molecule has 0 bridgehead atoms. The molecule has 0 saturated carbocycles. The third-order valence-electron chi connectivity index (χ3n) is 3.56. The summed E-state index contributed by atoms with van der Waals surface area (Å²) in [6.45, 7) is 1.81. The van der Waals surface area contributed by atoms with Crippen molar-refractivity contribution >= 4 is 33.3 Å². The quantitative estimate of drug-likeness (QED) is 0.611. The molecule has 3 heterocycles. The van der Waals surface area contributed by atoms with Crippen molar-refractivity contribution in [1.82, 2.24) is 19.7 Å². The molecule has 6 nitrogen and oxygen atoms in total. The number of carbonyl (C=O) groups is 1. The summed E-state index contributed by atoms with van der Waals surface area (Å²) in [6, 6.07) is 9.78. The number of nitrogens with one attached hydrogen (secondary N) is 1. The SMILES string of the molecule is Cc1cc(NC(=O)c2ccncc2)n(-c2nc3c(F)cccc3s2)n1. The number of pyridine rings is 1. The second kappa shape index (κ2) is 6.06. The van der Waals surface area contributed by atoms with E-state index >= 15 is 0 Å². The number of fused-ring (bicyclic) bond motifs is 1. The summed E-state index contributed by atoms with van der Waals surface area (Å²) in [5.74, 6) is -0.194. The Labute approximate surface area is 146 Å². The highest BCUT2D eigenvalue weighted by Gasteiger charge is 2.16. The van der Waals surface area contributed by atoms with Crippen LogP contribution in [0.2, 0.25) is 0 Å². The first-order valence-electron chi connectivity index (χ1n) is 7.45. The zero-order valence-electron chi connectivity index (χ0n) is 13.1. The van der Waals surface area contributed by atoms with Gasteiger partial charge in [0.05, 0.1) is 10.4 Å². The van der Waals surface area contributed by atoms with Crippen molar-refractivity contribution in [2.75, 3.05) is 5.32 Å². The number of anilines is 1. The average molecular weight is 353 g/mol. The summed E-state index contributed by atoms with van der Waals surface area (Å²) >= 11 is 1.30. The lowest BCUT2D eigenvalue weighted by Crippen LogP contribution is -2.15. The van der Waals surface area contributed by atoms with E-state index in [0.29, 0.717) is 27.7 Å². The van der Waals surface area contributed by atoms with Crippen LogP contribution in [0.1, 0.15) is 16.1 Å². The summed E-state index contributed by atoms with van der Waals surface area (Å²) in [5.41, 5.74) is 1.49. The van der Waals surface area contributed by atoms with Gasteiger partial charge in [-0.3, -0.25) is 9.78 Å². The number of hydrogen-bond acceptors (Lipinski definition) is 5. The second-order valence-corrected chi connectivity index (χ2v) is 6.36. The fraction of sp³-hybridized carbons (Fsp3) is 0.0588. The highest BCUT2D eigenvalue weighted by Crippen LogP contribution is 2.28. The molecule has 0 aliphatic carbocycles. The zero-order valence-corrected chi connectivity index (χ0v) is 13.9. The predicted molar refractivity (Wildman–Crippen MR) is 93.6 cm³/mol. The maximum atomic E-state index is 13.9. The molecule has 0 spiro atoms. The van der Waals surface area contributed by atoms with Crippen LogP contribution in [0.5, 0.6) is 0 Å². The Morgan fingerprint density at radius 1 is 1.24 bits per heavy atom. The van der Waals surface area contributed by atoms with Gasteiger partial charge in [-0.1, -0.05) is 17.4 Å². The van der Waals surface area contributed by atoms with Crippen LogP contribution in [-0.2, 0) is 0 Å². The van der Waals surface area contributed by atoms with E-state index in [9.17, 15) is 9.18 Å². The van der Waals surface area contributed by atoms with Crippen LogP contribution >= 0.6 is 11.3 Å². The molecule has 1 aromatic carbocycles. The number of nitrogens with zero attached hydrogens (tertiary/aromatic N) is 4. The minimum absolute atomic E-state index is 0.282. The molecular formula is C17H12FN5OS. The molecule has 1 amide bonds. The van der Waals surface area contributed by atoms with Crippen molar-refractivity contribution in [3.8, 4) is 5.13 Å². The summed E-state index contributed by atoms with van der Waals surface area (Å²) in [7, 11) is 0. The summed E-state index contributed by atoms with van der Waals surface area (Å²) in [5, 5.41) is 7.66. The van der Waals surface area contributed by atoms with E-state index in [-0.39, 0.29) is 11.7 Å². The highest BCUT2D eigenvalue weighted by molar-refractivity contribution is 7.20. The van der Waals surface area contributed by atoms with Crippen molar-refractivity contribution in [2.45, 2.75) is 6.92 Å². The van der Waals surface area contributed by atoms with Gasteiger partial charge in [0.15, 0.2) is 0 Å². The van der Waals surface area contributed by atoms with Crippen LogP contribution in [-0.4, -0.2) is 25.7 Å². The minimum atomic E-state index is -0.383. The molecule has 4 aromatic rings. The van der Waals surface area contributed by atoms with Crippen molar-refractivity contribution in [1.29, 1.82) is 0 Å². The Balaban J connectivity index is 1.73. The van der Waals surface area contributed by atoms with E-state index in [1.165, 1.54) is 22.1 Å². The van der Waals surface area contributed by atoms with Gasteiger partial charge in [0, 0.05) is 24.0 Å². The fourth-order valence-corrected chi connectivity index (χ4v) is 3.37. The number of thiazole rings is 1. The van der Waals surface area contributed by atoms with E-state index in [0.717, 1.165) is 4.70 Å². The van der Waals surface area contributed by atoms with Crippen LogP contribution in [0.3, 0.4) is 0 Å². The van der Waals surface area contributed by atoms with Crippen molar-refractivity contribution in [3.05, 3.63) is 65.9 Å². The normalized spacial score (nSPS) is 11.0. The Bertz CT molecular complexity index is 1070. The summed E-state index contributed by atoms with van der Waals surface area (Å²) < 4.78 is 16.1. The number of hydrogen-bond donors (Lipinski definition) is 1. The maximum Gasteiger partial charge on any atom is 0.256 e. The fourth-order valence-electron chi connectivity index (χ4n) is 2.42. The number of rotatable bonds is 3. The Kier molecular flexibility index (Phi) is 3.73. The minimum Gasteiger partial charge on any atom is -0.306 e. The standard InChI is InChI=1S/C17H12FN5OS/c1-10-9-14(20-16(24)11-5-7-19-8-6-11)23(22-10)17-21-15-12(18)3-2-4-13(15)25-17/h2-9H,1H3,(H,20,24). The molecule has 8 heteroatoms. The number of aryl methyl sites for hydroxylation is 1. The summed E-state index contributed by atoms with van der Waals surface area (Å²) in [4.78, 5) is 20.6. The maximum absolute atomic E-state index is 13.9. The van der Waals surface area contributed by atoms with Crippen LogP contribution in [0, 0.1) is 12.7 Å². The van der Waals surface area contributed by atoms with E-state index in [2.05, 4.69) is 20.4 Å². The molecule has 4 rings (SSSR count). The van der Waals surface area contributed by atoms with Gasteiger partial charge in [-0.25, -0.2) is 9.37 Å². The van der Waals surface area contributed by atoms with Gasteiger partial charge in [0.25, 0.3) is 5.91 Å². The topological polar surface area (TPSA) is 72.7 Å². The zero-order chi connectivity index (χ0) is 17.4. The number of aromatic nitrogens is 4. The lowest BCUT2D eigenvalue weighted by molar-refractivity contribution is 0.102. The second-order valence-electron chi connectivity index (χ2n) is 5.36. The molecular weight excluding hydrogens is 341 g/mol.